The maximum Gasteiger partial charge on any atom is 0.407 e. The van der Waals surface area contributed by atoms with Gasteiger partial charge in [-0.2, -0.15) is 0 Å². The predicted molar refractivity (Wildman–Crippen MR) is 87.0 cm³/mol. The Morgan fingerprint density at radius 1 is 1.05 bits per heavy atom. The van der Waals surface area contributed by atoms with Gasteiger partial charge in [-0.25, -0.2) is 4.79 Å². The van der Waals surface area contributed by atoms with E-state index in [0.717, 1.165) is 25.7 Å². The van der Waals surface area contributed by atoms with Gasteiger partial charge in [0.2, 0.25) is 0 Å². The molecule has 2 aliphatic rings. The first-order chi connectivity index (χ1) is 10.4. The van der Waals surface area contributed by atoms with Crippen molar-refractivity contribution in [2.75, 3.05) is 7.11 Å². The molecule has 5 heteroatoms. The summed E-state index contributed by atoms with van der Waals surface area (Å²) in [5, 5.41) is 6.82. The van der Waals surface area contributed by atoms with Gasteiger partial charge in [-0.1, -0.05) is 19.3 Å². The molecule has 0 aromatic rings. The molecule has 0 aromatic heterocycles. The molecule has 0 spiro atoms. The molecular formula is C17H32N2O3. The minimum Gasteiger partial charge on any atom is -0.444 e. The van der Waals surface area contributed by atoms with Gasteiger partial charge in [0.05, 0.1) is 6.10 Å². The van der Waals surface area contributed by atoms with Gasteiger partial charge < -0.3 is 20.1 Å². The van der Waals surface area contributed by atoms with E-state index in [1.807, 2.05) is 20.8 Å². The van der Waals surface area contributed by atoms with Crippen molar-refractivity contribution in [2.24, 2.45) is 0 Å². The van der Waals surface area contributed by atoms with Crippen LogP contribution in [0.4, 0.5) is 4.79 Å². The molecule has 0 heterocycles. The second-order valence-corrected chi connectivity index (χ2v) is 7.69. The third-order valence-corrected chi connectivity index (χ3v) is 4.60. The number of carbonyl (C=O) groups is 1. The Hall–Kier alpha value is -0.810. The van der Waals surface area contributed by atoms with Crippen molar-refractivity contribution in [1.29, 1.82) is 0 Å². The number of alkyl carbamates (subject to hydrolysis) is 1. The molecule has 0 saturated heterocycles. The van der Waals surface area contributed by atoms with E-state index in [-0.39, 0.29) is 12.1 Å². The summed E-state index contributed by atoms with van der Waals surface area (Å²) in [5.41, 5.74) is -0.447. The van der Waals surface area contributed by atoms with Crippen molar-refractivity contribution in [3.05, 3.63) is 0 Å². The monoisotopic (exact) mass is 312 g/mol. The van der Waals surface area contributed by atoms with Crippen molar-refractivity contribution < 1.29 is 14.3 Å². The SMILES string of the molecule is COC1CC(NC2CCCCCC2NC(=O)OC(C)(C)C)C1. The van der Waals surface area contributed by atoms with Crippen LogP contribution in [0.1, 0.15) is 65.7 Å². The Balaban J connectivity index is 1.86. The summed E-state index contributed by atoms with van der Waals surface area (Å²) >= 11 is 0. The molecule has 0 radical (unpaired) electrons. The van der Waals surface area contributed by atoms with E-state index < -0.39 is 5.60 Å². The lowest BCUT2D eigenvalue weighted by Gasteiger charge is -2.39. The van der Waals surface area contributed by atoms with Crippen LogP contribution in [0.5, 0.6) is 0 Å². The van der Waals surface area contributed by atoms with Crippen LogP contribution >= 0.6 is 0 Å². The van der Waals surface area contributed by atoms with Crippen molar-refractivity contribution in [2.45, 2.75) is 95.5 Å². The van der Waals surface area contributed by atoms with Crippen molar-refractivity contribution in [3.8, 4) is 0 Å². The molecule has 0 bridgehead atoms. The van der Waals surface area contributed by atoms with Gasteiger partial charge in [0.1, 0.15) is 5.60 Å². The molecular weight excluding hydrogens is 280 g/mol. The minimum absolute atomic E-state index is 0.166. The molecule has 1 amide bonds. The lowest BCUT2D eigenvalue weighted by molar-refractivity contribution is 0.0115. The molecule has 0 aliphatic heterocycles. The van der Waals surface area contributed by atoms with Crippen LogP contribution in [0.2, 0.25) is 0 Å². The van der Waals surface area contributed by atoms with Gasteiger partial charge in [0.15, 0.2) is 0 Å². The zero-order valence-electron chi connectivity index (χ0n) is 14.5. The number of methoxy groups -OCH3 is 1. The summed E-state index contributed by atoms with van der Waals surface area (Å²) in [6, 6.07) is 1.03. The maximum atomic E-state index is 12.1. The highest BCUT2D eigenvalue weighted by molar-refractivity contribution is 5.68. The largest absolute Gasteiger partial charge is 0.444 e. The number of hydrogen-bond acceptors (Lipinski definition) is 4. The summed E-state index contributed by atoms with van der Waals surface area (Å²) in [6.45, 7) is 5.69. The number of nitrogens with one attached hydrogen (secondary N) is 2. The van der Waals surface area contributed by atoms with E-state index in [2.05, 4.69) is 10.6 Å². The number of amides is 1. The molecule has 2 N–H and O–H groups in total. The summed E-state index contributed by atoms with van der Waals surface area (Å²) in [6.07, 6.45) is 8.05. The van der Waals surface area contributed by atoms with Crippen LogP contribution in [0.15, 0.2) is 0 Å². The van der Waals surface area contributed by atoms with E-state index in [1.165, 1.54) is 19.3 Å². The van der Waals surface area contributed by atoms with E-state index in [9.17, 15) is 4.79 Å². The Bertz CT molecular complexity index is 361. The topological polar surface area (TPSA) is 59.6 Å². The second-order valence-electron chi connectivity index (χ2n) is 7.69. The smallest absolute Gasteiger partial charge is 0.407 e. The summed E-state index contributed by atoms with van der Waals surface area (Å²) < 4.78 is 10.8. The van der Waals surface area contributed by atoms with Crippen LogP contribution in [0, 0.1) is 0 Å². The normalized spacial score (nSPS) is 32.7. The Morgan fingerprint density at radius 2 is 1.68 bits per heavy atom. The van der Waals surface area contributed by atoms with Crippen LogP contribution in [-0.2, 0) is 9.47 Å². The molecule has 2 aliphatic carbocycles. The fourth-order valence-electron chi connectivity index (χ4n) is 3.34. The van der Waals surface area contributed by atoms with Crippen molar-refractivity contribution in [3.63, 3.8) is 0 Å². The molecule has 2 fully saturated rings. The van der Waals surface area contributed by atoms with E-state index in [4.69, 9.17) is 9.47 Å². The summed E-state index contributed by atoms with van der Waals surface area (Å²) in [5.74, 6) is 0. The van der Waals surface area contributed by atoms with Crippen LogP contribution in [0.3, 0.4) is 0 Å². The molecule has 2 saturated carbocycles. The third-order valence-electron chi connectivity index (χ3n) is 4.60. The van der Waals surface area contributed by atoms with Crippen molar-refractivity contribution >= 4 is 6.09 Å². The van der Waals surface area contributed by atoms with Gasteiger partial charge in [-0.15, -0.1) is 0 Å². The highest BCUT2D eigenvalue weighted by Gasteiger charge is 2.34. The molecule has 22 heavy (non-hydrogen) atoms. The van der Waals surface area contributed by atoms with Crippen LogP contribution in [0.25, 0.3) is 0 Å². The number of hydrogen-bond donors (Lipinski definition) is 2. The lowest BCUT2D eigenvalue weighted by Crippen LogP contribution is -2.56. The van der Waals surface area contributed by atoms with Crippen LogP contribution < -0.4 is 10.6 Å². The average molecular weight is 312 g/mol. The van der Waals surface area contributed by atoms with E-state index >= 15 is 0 Å². The summed E-state index contributed by atoms with van der Waals surface area (Å²) in [4.78, 5) is 12.1. The van der Waals surface area contributed by atoms with Gasteiger partial charge in [0, 0.05) is 25.2 Å². The van der Waals surface area contributed by atoms with E-state index in [1.54, 1.807) is 7.11 Å². The van der Waals surface area contributed by atoms with Crippen LogP contribution in [-0.4, -0.2) is 43.0 Å². The number of carbonyl (C=O) groups excluding carboxylic acids is 1. The van der Waals surface area contributed by atoms with Gasteiger partial charge in [0.25, 0.3) is 0 Å². The quantitative estimate of drug-likeness (QED) is 0.784. The van der Waals surface area contributed by atoms with Gasteiger partial charge in [-0.3, -0.25) is 0 Å². The summed E-state index contributed by atoms with van der Waals surface area (Å²) in [7, 11) is 1.78. The minimum atomic E-state index is -0.447. The fraction of sp³-hybridized carbons (Fsp3) is 0.941. The van der Waals surface area contributed by atoms with Gasteiger partial charge >= 0.3 is 6.09 Å². The molecule has 128 valence electrons. The first kappa shape index (κ1) is 17.5. The third kappa shape index (κ3) is 5.43. The Labute approximate surface area is 134 Å². The Morgan fingerprint density at radius 3 is 2.27 bits per heavy atom. The zero-order valence-corrected chi connectivity index (χ0v) is 14.5. The van der Waals surface area contributed by atoms with E-state index in [0.29, 0.717) is 18.2 Å². The maximum absolute atomic E-state index is 12.1. The zero-order chi connectivity index (χ0) is 16.2. The highest BCUT2D eigenvalue weighted by atomic mass is 16.6. The van der Waals surface area contributed by atoms with Gasteiger partial charge in [-0.05, 0) is 46.5 Å². The number of ether oxygens (including phenoxy) is 2. The Kier molecular flexibility index (Phi) is 6.09. The predicted octanol–water partition coefficient (Wildman–Crippen LogP) is 2.98. The molecule has 5 nitrogen and oxygen atoms in total. The lowest BCUT2D eigenvalue weighted by atomic mass is 9.87. The first-order valence-corrected chi connectivity index (χ1v) is 8.66. The number of rotatable bonds is 4. The van der Waals surface area contributed by atoms with Crippen molar-refractivity contribution in [1.82, 2.24) is 10.6 Å². The standard InChI is InChI=1S/C17H32N2O3/c1-17(2,3)22-16(20)19-15-9-7-5-6-8-14(15)18-12-10-13(11-12)21-4/h12-15,18H,5-11H2,1-4H3,(H,19,20). The first-order valence-electron chi connectivity index (χ1n) is 8.66. The highest BCUT2D eigenvalue weighted by Crippen LogP contribution is 2.26. The molecule has 2 unspecified atom stereocenters. The molecule has 0 aromatic carbocycles. The second kappa shape index (κ2) is 7.64. The molecule has 2 rings (SSSR count). The molecule has 2 atom stereocenters. The fourth-order valence-corrected chi connectivity index (χ4v) is 3.34. The average Bonchev–Trinajstić information content (AvgIpc) is 2.56.